The second-order valence-corrected chi connectivity index (χ2v) is 6.41. The molecule has 1 aromatic rings. The van der Waals surface area contributed by atoms with Gasteiger partial charge in [0, 0.05) is 19.6 Å². The zero-order valence-corrected chi connectivity index (χ0v) is 12.4. The van der Waals surface area contributed by atoms with Crippen LogP contribution in [0.3, 0.4) is 0 Å². The number of alkyl halides is 3. The van der Waals surface area contributed by atoms with Crippen LogP contribution >= 0.6 is 34.8 Å². The summed E-state index contributed by atoms with van der Waals surface area (Å²) in [6.45, 7) is 2.04. The van der Waals surface area contributed by atoms with Crippen LogP contribution in [0.1, 0.15) is 18.7 Å². The zero-order chi connectivity index (χ0) is 13.9. The van der Waals surface area contributed by atoms with E-state index in [4.69, 9.17) is 39.9 Å². The van der Waals surface area contributed by atoms with Crippen molar-refractivity contribution >= 4 is 46.7 Å². The standard InChI is InChI=1S/C10H14Cl3N5O/c11-10(12,13)7-15-8(14-3-6-19)17-9(16-7)18-4-1-2-5-18/h19H,1-6H2,(H,14,15,16,17). The van der Waals surface area contributed by atoms with Gasteiger partial charge in [0.1, 0.15) is 0 Å². The lowest BCUT2D eigenvalue weighted by Gasteiger charge is -2.18. The molecule has 1 aromatic heterocycles. The molecule has 0 unspecified atom stereocenters. The van der Waals surface area contributed by atoms with E-state index in [0.717, 1.165) is 25.9 Å². The van der Waals surface area contributed by atoms with Crippen LogP contribution in [0.5, 0.6) is 0 Å². The van der Waals surface area contributed by atoms with Gasteiger partial charge in [0.15, 0.2) is 5.82 Å². The monoisotopic (exact) mass is 325 g/mol. The van der Waals surface area contributed by atoms with Crippen LogP contribution in [0.15, 0.2) is 0 Å². The Labute approximate surface area is 126 Å². The van der Waals surface area contributed by atoms with Crippen molar-refractivity contribution in [2.75, 3.05) is 36.5 Å². The molecule has 106 valence electrons. The van der Waals surface area contributed by atoms with Gasteiger partial charge in [0.05, 0.1) is 6.61 Å². The predicted octanol–water partition coefficient (Wildman–Crippen LogP) is 1.70. The summed E-state index contributed by atoms with van der Waals surface area (Å²) in [7, 11) is 0. The molecular formula is C10H14Cl3N5O. The molecular weight excluding hydrogens is 313 g/mol. The van der Waals surface area contributed by atoms with Crippen LogP contribution in [0, 0.1) is 0 Å². The fourth-order valence-corrected chi connectivity index (χ4v) is 2.05. The Morgan fingerprint density at radius 1 is 1.16 bits per heavy atom. The Morgan fingerprint density at radius 2 is 1.84 bits per heavy atom. The van der Waals surface area contributed by atoms with E-state index in [1.807, 2.05) is 4.90 Å². The molecule has 6 nitrogen and oxygen atoms in total. The fourth-order valence-electron chi connectivity index (χ4n) is 1.80. The van der Waals surface area contributed by atoms with Gasteiger partial charge in [-0.05, 0) is 12.8 Å². The summed E-state index contributed by atoms with van der Waals surface area (Å²) in [6.07, 6.45) is 2.18. The number of aliphatic hydroxyl groups is 1. The van der Waals surface area contributed by atoms with Gasteiger partial charge >= 0.3 is 0 Å². The maximum atomic E-state index is 8.82. The molecule has 2 N–H and O–H groups in total. The summed E-state index contributed by atoms with van der Waals surface area (Å²) >= 11 is 17.5. The molecule has 0 atom stereocenters. The Bertz CT molecular complexity index is 434. The third-order valence-electron chi connectivity index (χ3n) is 2.66. The first-order valence-electron chi connectivity index (χ1n) is 5.93. The summed E-state index contributed by atoms with van der Waals surface area (Å²) in [5.74, 6) is 0.872. The van der Waals surface area contributed by atoms with Gasteiger partial charge < -0.3 is 15.3 Å². The number of hydrogen-bond acceptors (Lipinski definition) is 6. The van der Waals surface area contributed by atoms with E-state index in [1.165, 1.54) is 0 Å². The van der Waals surface area contributed by atoms with Crippen molar-refractivity contribution < 1.29 is 5.11 Å². The summed E-state index contributed by atoms with van der Waals surface area (Å²) in [6, 6.07) is 0. The minimum Gasteiger partial charge on any atom is -0.395 e. The Kier molecular flexibility index (Phi) is 4.89. The van der Waals surface area contributed by atoms with E-state index in [-0.39, 0.29) is 12.4 Å². The number of aliphatic hydroxyl groups excluding tert-OH is 1. The van der Waals surface area contributed by atoms with Gasteiger partial charge in [0.2, 0.25) is 15.7 Å². The van der Waals surface area contributed by atoms with Crippen LogP contribution in [-0.4, -0.2) is 46.3 Å². The Morgan fingerprint density at radius 3 is 2.42 bits per heavy atom. The maximum absolute atomic E-state index is 8.82. The van der Waals surface area contributed by atoms with E-state index in [0.29, 0.717) is 18.4 Å². The van der Waals surface area contributed by atoms with Crippen LogP contribution in [0.2, 0.25) is 0 Å². The average Bonchev–Trinajstić information content (AvgIpc) is 2.89. The van der Waals surface area contributed by atoms with Crippen LogP contribution < -0.4 is 10.2 Å². The highest BCUT2D eigenvalue weighted by molar-refractivity contribution is 6.66. The minimum atomic E-state index is -1.70. The molecule has 1 saturated heterocycles. The van der Waals surface area contributed by atoms with Crippen molar-refractivity contribution in [3.05, 3.63) is 5.82 Å². The smallest absolute Gasteiger partial charge is 0.250 e. The highest BCUT2D eigenvalue weighted by Gasteiger charge is 2.29. The molecule has 0 aromatic carbocycles. The first-order chi connectivity index (χ1) is 9.00. The number of nitrogens with zero attached hydrogens (tertiary/aromatic N) is 4. The number of halogens is 3. The van der Waals surface area contributed by atoms with E-state index >= 15 is 0 Å². The normalized spacial score (nSPS) is 15.9. The second-order valence-electron chi connectivity index (χ2n) is 4.12. The molecule has 0 aliphatic carbocycles. The maximum Gasteiger partial charge on any atom is 0.250 e. The number of rotatable bonds is 4. The molecule has 0 radical (unpaired) electrons. The highest BCUT2D eigenvalue weighted by Crippen LogP contribution is 2.36. The molecule has 1 aliphatic heterocycles. The Hall–Kier alpha value is -0.560. The fraction of sp³-hybridized carbons (Fsp3) is 0.700. The first-order valence-corrected chi connectivity index (χ1v) is 7.07. The van der Waals surface area contributed by atoms with Crippen LogP contribution in [-0.2, 0) is 3.79 Å². The lowest BCUT2D eigenvalue weighted by atomic mass is 10.4. The van der Waals surface area contributed by atoms with Crippen molar-refractivity contribution in [1.29, 1.82) is 0 Å². The summed E-state index contributed by atoms with van der Waals surface area (Å²) in [5, 5.41) is 11.7. The first kappa shape index (κ1) is 14.8. The molecule has 0 bridgehead atoms. The lowest BCUT2D eigenvalue weighted by molar-refractivity contribution is 0.310. The van der Waals surface area contributed by atoms with Gasteiger partial charge in [-0.25, -0.2) is 0 Å². The van der Waals surface area contributed by atoms with Gasteiger partial charge in [-0.3, -0.25) is 0 Å². The quantitative estimate of drug-likeness (QED) is 0.821. The summed E-state index contributed by atoms with van der Waals surface area (Å²) in [4.78, 5) is 14.5. The average molecular weight is 327 g/mol. The van der Waals surface area contributed by atoms with E-state index in [9.17, 15) is 0 Å². The van der Waals surface area contributed by atoms with Crippen LogP contribution in [0.4, 0.5) is 11.9 Å². The van der Waals surface area contributed by atoms with E-state index in [1.54, 1.807) is 0 Å². The molecule has 1 fully saturated rings. The molecule has 1 aliphatic rings. The SMILES string of the molecule is OCCNc1nc(N2CCCC2)nc(C(Cl)(Cl)Cl)n1. The number of anilines is 2. The van der Waals surface area contributed by atoms with Crippen LogP contribution in [0.25, 0.3) is 0 Å². The van der Waals surface area contributed by atoms with Crippen molar-refractivity contribution in [3.63, 3.8) is 0 Å². The third-order valence-corrected chi connectivity index (χ3v) is 3.17. The van der Waals surface area contributed by atoms with Gasteiger partial charge in [0.25, 0.3) is 0 Å². The van der Waals surface area contributed by atoms with Gasteiger partial charge in [-0.2, -0.15) is 15.0 Å². The molecule has 0 saturated carbocycles. The van der Waals surface area contributed by atoms with Crippen molar-refractivity contribution in [1.82, 2.24) is 15.0 Å². The van der Waals surface area contributed by atoms with Gasteiger partial charge in [-0.15, -0.1) is 0 Å². The van der Waals surface area contributed by atoms with Crippen molar-refractivity contribution in [2.45, 2.75) is 16.6 Å². The highest BCUT2D eigenvalue weighted by atomic mass is 35.6. The number of nitrogens with one attached hydrogen (secondary N) is 1. The van der Waals surface area contributed by atoms with Gasteiger partial charge in [-0.1, -0.05) is 34.8 Å². The van der Waals surface area contributed by atoms with E-state index in [2.05, 4.69) is 20.3 Å². The molecule has 2 rings (SSSR count). The third kappa shape index (κ3) is 3.95. The molecule has 19 heavy (non-hydrogen) atoms. The lowest BCUT2D eigenvalue weighted by Crippen LogP contribution is -2.24. The summed E-state index contributed by atoms with van der Waals surface area (Å²) in [5.41, 5.74) is 0. The summed E-state index contributed by atoms with van der Waals surface area (Å²) < 4.78 is -1.70. The predicted molar refractivity (Wildman–Crippen MR) is 76.1 cm³/mol. The largest absolute Gasteiger partial charge is 0.395 e. The minimum absolute atomic E-state index is 0.0339. The van der Waals surface area contributed by atoms with Crippen molar-refractivity contribution in [2.24, 2.45) is 0 Å². The zero-order valence-electron chi connectivity index (χ0n) is 10.1. The topological polar surface area (TPSA) is 74.2 Å². The number of hydrogen-bond donors (Lipinski definition) is 2. The number of aromatic nitrogens is 3. The molecule has 0 amide bonds. The molecule has 2 heterocycles. The second kappa shape index (κ2) is 6.26. The van der Waals surface area contributed by atoms with Crippen molar-refractivity contribution in [3.8, 4) is 0 Å². The van der Waals surface area contributed by atoms with E-state index < -0.39 is 3.79 Å². The Balaban J connectivity index is 2.30. The molecule has 0 spiro atoms. The molecule has 9 heteroatoms.